The Kier molecular flexibility index (Phi) is 2.48. The average molecular weight is 223 g/mol. The molecule has 0 unspecified atom stereocenters. The minimum absolute atomic E-state index is 0.730. The standard InChI is InChI=1S/C10H9NOS2/c1-13-9-3-2-8(11)7-4-6(5-12)14-10(7)9/h2-5H,11H2,1H3. The van der Waals surface area contributed by atoms with E-state index in [1.165, 1.54) is 16.2 Å². The monoisotopic (exact) mass is 223 g/mol. The van der Waals surface area contributed by atoms with Crippen LogP contribution in [-0.2, 0) is 0 Å². The van der Waals surface area contributed by atoms with E-state index >= 15 is 0 Å². The minimum Gasteiger partial charge on any atom is -0.398 e. The van der Waals surface area contributed by atoms with Gasteiger partial charge in [0.2, 0.25) is 0 Å². The first kappa shape index (κ1) is 9.55. The van der Waals surface area contributed by atoms with Gasteiger partial charge < -0.3 is 5.73 Å². The first-order valence-electron chi connectivity index (χ1n) is 4.07. The van der Waals surface area contributed by atoms with Crippen molar-refractivity contribution in [2.24, 2.45) is 0 Å². The molecule has 0 aliphatic rings. The van der Waals surface area contributed by atoms with Crippen LogP contribution in [0, 0.1) is 0 Å². The van der Waals surface area contributed by atoms with Gasteiger partial charge in [-0.2, -0.15) is 0 Å². The molecule has 72 valence electrons. The largest absolute Gasteiger partial charge is 0.398 e. The Hall–Kier alpha value is -1.00. The van der Waals surface area contributed by atoms with Gasteiger partial charge in [-0.25, -0.2) is 0 Å². The summed E-state index contributed by atoms with van der Waals surface area (Å²) in [6.45, 7) is 0. The third-order valence-corrected chi connectivity index (χ3v) is 4.04. The molecule has 0 spiro atoms. The summed E-state index contributed by atoms with van der Waals surface area (Å²) in [4.78, 5) is 12.6. The number of carbonyl (C=O) groups is 1. The van der Waals surface area contributed by atoms with Crippen molar-refractivity contribution in [3.63, 3.8) is 0 Å². The molecule has 0 aliphatic carbocycles. The molecule has 2 aromatic rings. The van der Waals surface area contributed by atoms with Gasteiger partial charge in [-0.3, -0.25) is 4.79 Å². The zero-order valence-electron chi connectivity index (χ0n) is 7.61. The van der Waals surface area contributed by atoms with Crippen molar-refractivity contribution in [3.8, 4) is 0 Å². The Balaban J connectivity index is 2.81. The molecular formula is C10H9NOS2. The minimum atomic E-state index is 0.730. The Morgan fingerprint density at radius 2 is 2.29 bits per heavy atom. The molecule has 14 heavy (non-hydrogen) atoms. The highest BCUT2D eigenvalue weighted by atomic mass is 32.2. The SMILES string of the molecule is CSc1ccc(N)c2cc(C=O)sc12. The Bertz CT molecular complexity index is 490. The van der Waals surface area contributed by atoms with Crippen molar-refractivity contribution in [1.29, 1.82) is 0 Å². The molecule has 0 fully saturated rings. The molecule has 2 nitrogen and oxygen atoms in total. The van der Waals surface area contributed by atoms with Crippen molar-refractivity contribution in [2.45, 2.75) is 4.90 Å². The van der Waals surface area contributed by atoms with Gasteiger partial charge in [0.05, 0.1) is 9.58 Å². The molecule has 0 bridgehead atoms. The van der Waals surface area contributed by atoms with Crippen LogP contribution in [0.4, 0.5) is 5.69 Å². The quantitative estimate of drug-likeness (QED) is 0.483. The van der Waals surface area contributed by atoms with E-state index in [-0.39, 0.29) is 0 Å². The summed E-state index contributed by atoms with van der Waals surface area (Å²) in [7, 11) is 0. The van der Waals surface area contributed by atoms with E-state index in [0.29, 0.717) is 0 Å². The van der Waals surface area contributed by atoms with Crippen LogP contribution in [0.1, 0.15) is 9.67 Å². The van der Waals surface area contributed by atoms with E-state index in [2.05, 4.69) is 0 Å². The van der Waals surface area contributed by atoms with E-state index < -0.39 is 0 Å². The number of thiophene rings is 1. The fourth-order valence-corrected chi connectivity index (χ4v) is 3.15. The van der Waals surface area contributed by atoms with Crippen LogP contribution < -0.4 is 5.73 Å². The second-order valence-corrected chi connectivity index (χ2v) is 4.80. The summed E-state index contributed by atoms with van der Waals surface area (Å²) in [6.07, 6.45) is 2.89. The van der Waals surface area contributed by atoms with Crippen LogP contribution >= 0.6 is 23.1 Å². The van der Waals surface area contributed by atoms with Gasteiger partial charge in [-0.1, -0.05) is 0 Å². The number of anilines is 1. The number of carbonyl (C=O) groups excluding carboxylic acids is 1. The lowest BCUT2D eigenvalue weighted by Gasteiger charge is -2.00. The second kappa shape index (κ2) is 3.63. The molecular weight excluding hydrogens is 214 g/mol. The number of nitrogens with two attached hydrogens (primary N) is 1. The second-order valence-electron chi connectivity index (χ2n) is 2.87. The fraction of sp³-hybridized carbons (Fsp3) is 0.100. The van der Waals surface area contributed by atoms with E-state index in [1.54, 1.807) is 11.8 Å². The molecule has 0 amide bonds. The number of hydrogen-bond acceptors (Lipinski definition) is 4. The molecule has 1 aromatic heterocycles. The number of thioether (sulfide) groups is 1. The average Bonchev–Trinajstić information content (AvgIpc) is 2.63. The molecule has 0 saturated heterocycles. The molecule has 0 atom stereocenters. The molecule has 2 N–H and O–H groups in total. The lowest BCUT2D eigenvalue weighted by atomic mass is 10.2. The Morgan fingerprint density at radius 3 is 2.93 bits per heavy atom. The maximum absolute atomic E-state index is 10.6. The third kappa shape index (κ3) is 1.40. The molecule has 0 aliphatic heterocycles. The smallest absolute Gasteiger partial charge is 0.160 e. The summed E-state index contributed by atoms with van der Waals surface area (Å²) in [6, 6.07) is 5.73. The molecule has 0 radical (unpaired) electrons. The molecule has 1 aromatic carbocycles. The number of aldehydes is 1. The summed E-state index contributed by atoms with van der Waals surface area (Å²) in [5, 5.41) is 0.990. The van der Waals surface area contributed by atoms with Gasteiger partial charge in [-0.15, -0.1) is 23.1 Å². The molecule has 2 rings (SSSR count). The zero-order valence-corrected chi connectivity index (χ0v) is 9.24. The maximum Gasteiger partial charge on any atom is 0.160 e. The van der Waals surface area contributed by atoms with Crippen molar-refractivity contribution in [1.82, 2.24) is 0 Å². The number of fused-ring (bicyclic) bond motifs is 1. The van der Waals surface area contributed by atoms with Crippen LogP contribution in [0.2, 0.25) is 0 Å². The first-order valence-corrected chi connectivity index (χ1v) is 6.11. The lowest BCUT2D eigenvalue weighted by Crippen LogP contribution is -1.84. The number of hydrogen-bond donors (Lipinski definition) is 1. The lowest BCUT2D eigenvalue weighted by molar-refractivity contribution is 0.112. The van der Waals surface area contributed by atoms with Gasteiger partial charge >= 0.3 is 0 Å². The molecule has 0 saturated carbocycles. The van der Waals surface area contributed by atoms with Crippen molar-refractivity contribution < 1.29 is 4.79 Å². The van der Waals surface area contributed by atoms with Crippen LogP contribution in [0.15, 0.2) is 23.1 Å². The first-order chi connectivity index (χ1) is 6.76. The predicted octanol–water partition coefficient (Wildman–Crippen LogP) is 3.02. The highest BCUT2D eigenvalue weighted by molar-refractivity contribution is 7.99. The Labute approximate surface area is 90.1 Å². The van der Waals surface area contributed by atoms with Gasteiger partial charge in [-0.05, 0) is 24.5 Å². The van der Waals surface area contributed by atoms with Crippen LogP contribution in [0.5, 0.6) is 0 Å². The summed E-state index contributed by atoms with van der Waals surface area (Å²) in [5.41, 5.74) is 6.57. The highest BCUT2D eigenvalue weighted by Crippen LogP contribution is 2.36. The predicted molar refractivity (Wildman–Crippen MR) is 63.4 cm³/mol. The van der Waals surface area contributed by atoms with E-state index in [4.69, 9.17) is 5.73 Å². The summed E-state index contributed by atoms with van der Waals surface area (Å²) in [5.74, 6) is 0. The van der Waals surface area contributed by atoms with Crippen LogP contribution in [-0.4, -0.2) is 12.5 Å². The number of nitrogen functional groups attached to an aromatic ring is 1. The van der Waals surface area contributed by atoms with Gasteiger partial charge in [0.15, 0.2) is 6.29 Å². The van der Waals surface area contributed by atoms with Crippen molar-refractivity contribution in [2.75, 3.05) is 12.0 Å². The van der Waals surface area contributed by atoms with E-state index in [9.17, 15) is 4.79 Å². The zero-order chi connectivity index (χ0) is 10.1. The van der Waals surface area contributed by atoms with Crippen molar-refractivity contribution >= 4 is 45.2 Å². The number of benzene rings is 1. The third-order valence-electron chi connectivity index (χ3n) is 2.04. The molecule has 1 heterocycles. The van der Waals surface area contributed by atoms with E-state index in [1.807, 2.05) is 24.5 Å². The number of rotatable bonds is 2. The summed E-state index contributed by atoms with van der Waals surface area (Å²) < 4.78 is 1.11. The van der Waals surface area contributed by atoms with Crippen molar-refractivity contribution in [3.05, 3.63) is 23.1 Å². The normalized spacial score (nSPS) is 10.6. The van der Waals surface area contributed by atoms with Gasteiger partial charge in [0.25, 0.3) is 0 Å². The van der Waals surface area contributed by atoms with E-state index in [0.717, 1.165) is 26.9 Å². The fourth-order valence-electron chi connectivity index (χ4n) is 1.36. The Morgan fingerprint density at radius 1 is 1.50 bits per heavy atom. The van der Waals surface area contributed by atoms with Gasteiger partial charge in [0, 0.05) is 16.0 Å². The summed E-state index contributed by atoms with van der Waals surface area (Å²) >= 11 is 3.16. The van der Waals surface area contributed by atoms with Crippen LogP contribution in [0.25, 0.3) is 10.1 Å². The topological polar surface area (TPSA) is 43.1 Å². The van der Waals surface area contributed by atoms with Crippen LogP contribution in [0.3, 0.4) is 0 Å². The highest BCUT2D eigenvalue weighted by Gasteiger charge is 2.07. The maximum atomic E-state index is 10.6. The molecule has 4 heteroatoms. The van der Waals surface area contributed by atoms with Gasteiger partial charge in [0.1, 0.15) is 0 Å².